The van der Waals surface area contributed by atoms with Crippen molar-refractivity contribution in [2.75, 3.05) is 12.9 Å². The van der Waals surface area contributed by atoms with Crippen molar-refractivity contribution in [3.8, 4) is 11.1 Å². The summed E-state index contributed by atoms with van der Waals surface area (Å²) in [6, 6.07) is 15.7. The van der Waals surface area contributed by atoms with E-state index in [1.54, 1.807) is 0 Å². The molecule has 5 heteroatoms. The number of hydrogen-bond acceptors (Lipinski definition) is 4. The molecule has 3 rings (SSSR count). The lowest BCUT2D eigenvalue weighted by Crippen LogP contribution is -2.23. The summed E-state index contributed by atoms with van der Waals surface area (Å²) in [5.74, 6) is 0.416. The van der Waals surface area contributed by atoms with Crippen LogP contribution in [0.4, 0.5) is 4.79 Å². The van der Waals surface area contributed by atoms with Crippen LogP contribution in [-0.4, -0.2) is 30.1 Å². The molecule has 0 spiro atoms. The number of amides is 1. The van der Waals surface area contributed by atoms with Gasteiger partial charge in [-0.25, -0.2) is 4.79 Å². The number of ether oxygens (including phenoxy) is 1. The number of allylic oxidation sites excluding steroid dienone is 1. The van der Waals surface area contributed by atoms with Crippen LogP contribution in [0, 0.1) is 0 Å². The summed E-state index contributed by atoms with van der Waals surface area (Å²) in [4.78, 5) is 23.4. The van der Waals surface area contributed by atoms with Gasteiger partial charge in [-0.15, -0.1) is 0 Å². The quantitative estimate of drug-likeness (QED) is 0.650. The maximum Gasteiger partial charge on any atom is 0.338 e. The Morgan fingerprint density at radius 1 is 1.28 bits per heavy atom. The highest BCUT2D eigenvalue weighted by molar-refractivity contribution is 8.14. The van der Waals surface area contributed by atoms with Gasteiger partial charge in [-0.1, -0.05) is 66.4 Å². The molecule has 0 aromatic heterocycles. The van der Waals surface area contributed by atoms with Crippen LogP contribution in [0.5, 0.6) is 0 Å². The fourth-order valence-electron chi connectivity index (χ4n) is 2.74. The highest BCUT2D eigenvalue weighted by atomic mass is 32.2. The van der Waals surface area contributed by atoms with Crippen molar-refractivity contribution in [1.29, 1.82) is 0 Å². The van der Waals surface area contributed by atoms with Crippen molar-refractivity contribution in [3.63, 3.8) is 0 Å². The number of nitrogens with one attached hydrogen (secondary N) is 1. The fourth-order valence-corrected chi connectivity index (χ4v) is 3.50. The third-order valence-corrected chi connectivity index (χ3v) is 4.90. The lowest BCUT2D eigenvalue weighted by atomic mass is 9.96. The van der Waals surface area contributed by atoms with E-state index in [4.69, 9.17) is 4.74 Å². The number of thioether (sulfide) groups is 1. The first-order valence-electron chi connectivity index (χ1n) is 8.04. The smallest absolute Gasteiger partial charge is 0.338 e. The van der Waals surface area contributed by atoms with Crippen molar-refractivity contribution < 1.29 is 14.3 Å². The molecule has 1 atom stereocenters. The van der Waals surface area contributed by atoms with Gasteiger partial charge in [0.05, 0.1) is 18.7 Å². The number of hydrogen-bond donors (Lipinski definition) is 1. The Hall–Kier alpha value is -2.53. The summed E-state index contributed by atoms with van der Waals surface area (Å²) in [7, 11) is 1.39. The highest BCUT2D eigenvalue weighted by Crippen LogP contribution is 2.26. The summed E-state index contributed by atoms with van der Waals surface area (Å²) >= 11 is 1.30. The Balaban J connectivity index is 1.81. The predicted octanol–water partition coefficient (Wildman–Crippen LogP) is 4.06. The SMILES string of the molecule is COC(=O)c1cc(C/C=C/C2CSC(=O)N2)ccc1-c1ccccc1. The van der Waals surface area contributed by atoms with Crippen molar-refractivity contribution in [3.05, 3.63) is 71.8 Å². The van der Waals surface area contributed by atoms with Crippen molar-refractivity contribution in [2.24, 2.45) is 0 Å². The van der Waals surface area contributed by atoms with E-state index in [2.05, 4.69) is 5.32 Å². The zero-order chi connectivity index (χ0) is 17.6. The summed E-state index contributed by atoms with van der Waals surface area (Å²) in [6.07, 6.45) is 4.71. The molecule has 0 radical (unpaired) electrons. The van der Waals surface area contributed by atoms with Gasteiger partial charge in [0.2, 0.25) is 0 Å². The molecule has 0 saturated carbocycles. The lowest BCUT2D eigenvalue weighted by molar-refractivity contribution is 0.0601. The van der Waals surface area contributed by atoms with E-state index < -0.39 is 0 Å². The molecule has 1 amide bonds. The van der Waals surface area contributed by atoms with E-state index in [1.165, 1.54) is 18.9 Å². The van der Waals surface area contributed by atoms with Crippen LogP contribution >= 0.6 is 11.8 Å². The molecule has 1 N–H and O–H groups in total. The Labute approximate surface area is 151 Å². The van der Waals surface area contributed by atoms with Crippen LogP contribution in [0.2, 0.25) is 0 Å². The monoisotopic (exact) mass is 353 g/mol. The molecule has 2 aromatic rings. The first-order chi connectivity index (χ1) is 12.2. The molecule has 1 fully saturated rings. The largest absolute Gasteiger partial charge is 0.465 e. The molecule has 128 valence electrons. The molecule has 1 aliphatic heterocycles. The van der Waals surface area contributed by atoms with Crippen LogP contribution in [-0.2, 0) is 11.2 Å². The molecule has 0 aliphatic carbocycles. The number of esters is 1. The number of methoxy groups -OCH3 is 1. The average Bonchev–Trinajstić information content (AvgIpc) is 3.07. The normalized spacial score (nSPS) is 16.8. The number of carbonyl (C=O) groups excluding carboxylic acids is 2. The number of carbonyl (C=O) groups is 2. The van der Waals surface area contributed by atoms with Gasteiger partial charge in [-0.2, -0.15) is 0 Å². The molecule has 1 saturated heterocycles. The van der Waals surface area contributed by atoms with Gasteiger partial charge in [0.15, 0.2) is 0 Å². The van der Waals surface area contributed by atoms with Gasteiger partial charge in [0, 0.05) is 5.75 Å². The second kappa shape index (κ2) is 8.03. The maximum absolute atomic E-state index is 12.2. The third kappa shape index (κ3) is 4.31. The third-order valence-electron chi connectivity index (χ3n) is 3.99. The first kappa shape index (κ1) is 17.3. The number of rotatable bonds is 5. The van der Waals surface area contributed by atoms with E-state index in [0.717, 1.165) is 22.4 Å². The second-order valence-electron chi connectivity index (χ2n) is 5.72. The zero-order valence-electron chi connectivity index (χ0n) is 13.9. The van der Waals surface area contributed by atoms with Crippen LogP contribution < -0.4 is 5.32 Å². The van der Waals surface area contributed by atoms with E-state index in [9.17, 15) is 9.59 Å². The molecule has 1 heterocycles. The summed E-state index contributed by atoms with van der Waals surface area (Å²) in [5.41, 5.74) is 3.42. The van der Waals surface area contributed by atoms with Crippen LogP contribution in [0.25, 0.3) is 11.1 Å². The van der Waals surface area contributed by atoms with E-state index in [-0.39, 0.29) is 17.3 Å². The minimum Gasteiger partial charge on any atom is -0.465 e. The molecule has 4 nitrogen and oxygen atoms in total. The minimum atomic E-state index is -0.343. The Bertz CT molecular complexity index is 802. The standard InChI is InChI=1S/C20H19NO3S/c1-24-19(22)18-12-14(6-5-9-16-13-25-20(23)21-16)10-11-17(18)15-7-3-2-4-8-15/h2-5,7-12,16H,6,13H2,1H3,(H,21,23)/b9-5+. The summed E-state index contributed by atoms with van der Waals surface area (Å²) in [5, 5.41) is 2.90. The van der Waals surface area contributed by atoms with Crippen LogP contribution in [0.3, 0.4) is 0 Å². The van der Waals surface area contributed by atoms with Gasteiger partial charge in [0.1, 0.15) is 0 Å². The first-order valence-corrected chi connectivity index (χ1v) is 9.02. The average molecular weight is 353 g/mol. The molecular formula is C20H19NO3S. The van der Waals surface area contributed by atoms with E-state index >= 15 is 0 Å². The van der Waals surface area contributed by atoms with Crippen LogP contribution in [0.15, 0.2) is 60.7 Å². The Kier molecular flexibility index (Phi) is 5.56. The fraction of sp³-hybridized carbons (Fsp3) is 0.200. The van der Waals surface area contributed by atoms with Gasteiger partial charge >= 0.3 is 5.97 Å². The highest BCUT2D eigenvalue weighted by Gasteiger charge is 2.18. The van der Waals surface area contributed by atoms with Crippen molar-refractivity contribution >= 4 is 23.0 Å². The zero-order valence-corrected chi connectivity index (χ0v) is 14.7. The number of benzene rings is 2. The van der Waals surface area contributed by atoms with E-state index in [0.29, 0.717) is 12.0 Å². The van der Waals surface area contributed by atoms with Gasteiger partial charge in [-0.05, 0) is 29.2 Å². The van der Waals surface area contributed by atoms with Crippen molar-refractivity contribution in [2.45, 2.75) is 12.5 Å². The van der Waals surface area contributed by atoms with Gasteiger partial charge in [0.25, 0.3) is 5.24 Å². The maximum atomic E-state index is 12.2. The molecular weight excluding hydrogens is 334 g/mol. The van der Waals surface area contributed by atoms with Gasteiger partial charge < -0.3 is 10.1 Å². The second-order valence-corrected chi connectivity index (χ2v) is 6.71. The topological polar surface area (TPSA) is 55.4 Å². The summed E-state index contributed by atoms with van der Waals surface area (Å²) < 4.78 is 4.94. The molecule has 2 aromatic carbocycles. The van der Waals surface area contributed by atoms with Crippen LogP contribution in [0.1, 0.15) is 15.9 Å². The molecule has 25 heavy (non-hydrogen) atoms. The summed E-state index contributed by atoms with van der Waals surface area (Å²) in [6.45, 7) is 0. The van der Waals surface area contributed by atoms with Gasteiger partial charge in [-0.3, -0.25) is 4.79 Å². The predicted molar refractivity (Wildman–Crippen MR) is 101 cm³/mol. The molecule has 1 unspecified atom stereocenters. The Morgan fingerprint density at radius 3 is 2.76 bits per heavy atom. The van der Waals surface area contributed by atoms with E-state index in [1.807, 2.05) is 60.7 Å². The lowest BCUT2D eigenvalue weighted by Gasteiger charge is -2.10. The minimum absolute atomic E-state index is 0.0230. The Morgan fingerprint density at radius 2 is 2.08 bits per heavy atom. The molecule has 1 aliphatic rings. The van der Waals surface area contributed by atoms with Crippen molar-refractivity contribution in [1.82, 2.24) is 5.32 Å². The molecule has 0 bridgehead atoms.